The van der Waals surface area contributed by atoms with Crippen molar-refractivity contribution < 1.29 is 9.32 Å². The highest BCUT2D eigenvalue weighted by molar-refractivity contribution is 9.10. The van der Waals surface area contributed by atoms with E-state index < -0.39 is 0 Å². The Hall–Kier alpha value is -2.48. The van der Waals surface area contributed by atoms with E-state index in [0.717, 1.165) is 52.7 Å². The van der Waals surface area contributed by atoms with E-state index in [1.54, 1.807) is 0 Å². The number of rotatable bonds is 5. The highest BCUT2D eigenvalue weighted by atomic mass is 79.9. The molecule has 0 saturated carbocycles. The lowest BCUT2D eigenvalue weighted by Gasteiger charge is -2.33. The van der Waals surface area contributed by atoms with Gasteiger partial charge in [0.1, 0.15) is 17.5 Å². The Morgan fingerprint density at radius 1 is 1.39 bits per heavy atom. The Balaban J connectivity index is 1.47. The average Bonchev–Trinajstić information content (AvgIpc) is 3.15. The quantitative estimate of drug-likeness (QED) is 0.649. The van der Waals surface area contributed by atoms with Crippen molar-refractivity contribution in [3.63, 3.8) is 0 Å². The van der Waals surface area contributed by atoms with Crippen LogP contribution in [0.5, 0.6) is 0 Å². The first kappa shape index (κ1) is 18.9. The van der Waals surface area contributed by atoms with Gasteiger partial charge in [-0.1, -0.05) is 40.1 Å². The first-order valence-electron chi connectivity index (χ1n) is 9.52. The lowest BCUT2D eigenvalue weighted by molar-refractivity contribution is -0.125. The minimum atomic E-state index is -0.0733. The molecule has 1 aliphatic rings. The number of carbonyl (C=O) groups is 1. The third-order valence-corrected chi connectivity index (χ3v) is 5.60. The topological polar surface area (TPSA) is 84.2 Å². The molecule has 1 aromatic carbocycles. The number of fused-ring (bicyclic) bond motifs is 1. The van der Waals surface area contributed by atoms with Gasteiger partial charge in [-0.2, -0.15) is 4.98 Å². The van der Waals surface area contributed by atoms with Gasteiger partial charge in [0.05, 0.1) is 11.6 Å². The van der Waals surface area contributed by atoms with Crippen molar-refractivity contribution in [2.24, 2.45) is 5.92 Å². The molecule has 28 heavy (non-hydrogen) atoms. The number of nitrogens with one attached hydrogen (secondary N) is 1. The van der Waals surface area contributed by atoms with Crippen LogP contribution < -0.4 is 10.2 Å². The van der Waals surface area contributed by atoms with Gasteiger partial charge in [-0.05, 0) is 37.0 Å². The van der Waals surface area contributed by atoms with Crippen LogP contribution in [-0.2, 0) is 17.8 Å². The number of benzene rings is 1. The summed E-state index contributed by atoms with van der Waals surface area (Å²) in [5.74, 6) is 0.819. The van der Waals surface area contributed by atoms with Gasteiger partial charge in [-0.15, -0.1) is 0 Å². The van der Waals surface area contributed by atoms with Gasteiger partial charge in [-0.25, -0.2) is 4.98 Å². The number of aromatic nitrogens is 3. The second-order valence-electron chi connectivity index (χ2n) is 6.99. The number of aryl methyl sites for hydroxylation is 1. The normalized spacial score (nSPS) is 17.1. The van der Waals surface area contributed by atoms with Crippen LogP contribution >= 0.6 is 15.9 Å². The third-order valence-electron chi connectivity index (χ3n) is 5.11. The zero-order valence-corrected chi connectivity index (χ0v) is 17.3. The van der Waals surface area contributed by atoms with E-state index in [4.69, 9.17) is 4.52 Å². The third kappa shape index (κ3) is 3.87. The molecule has 1 atom stereocenters. The number of piperidine rings is 1. The second-order valence-corrected chi connectivity index (χ2v) is 7.91. The number of hydrogen-bond donors (Lipinski definition) is 1. The van der Waals surface area contributed by atoms with Crippen LogP contribution in [0.1, 0.15) is 31.0 Å². The average molecular weight is 444 g/mol. The molecule has 146 valence electrons. The van der Waals surface area contributed by atoms with Crippen LogP contribution in [0.4, 0.5) is 5.82 Å². The Morgan fingerprint density at radius 2 is 2.29 bits per heavy atom. The Morgan fingerprint density at radius 3 is 3.11 bits per heavy atom. The van der Waals surface area contributed by atoms with Crippen molar-refractivity contribution in [3.8, 4) is 0 Å². The van der Waals surface area contributed by atoms with Crippen LogP contribution in [0.25, 0.3) is 11.1 Å². The van der Waals surface area contributed by atoms with Crippen molar-refractivity contribution in [2.45, 2.75) is 32.7 Å². The zero-order valence-electron chi connectivity index (χ0n) is 15.7. The predicted molar refractivity (Wildman–Crippen MR) is 110 cm³/mol. The smallest absolute Gasteiger partial charge is 0.263 e. The zero-order chi connectivity index (χ0) is 19.5. The molecule has 0 bridgehead atoms. The first-order valence-corrected chi connectivity index (χ1v) is 10.3. The predicted octanol–water partition coefficient (Wildman–Crippen LogP) is 3.48. The van der Waals surface area contributed by atoms with Crippen LogP contribution in [0.2, 0.25) is 0 Å². The van der Waals surface area contributed by atoms with Crippen molar-refractivity contribution in [1.82, 2.24) is 20.4 Å². The molecule has 0 aliphatic carbocycles. The number of anilines is 1. The molecule has 1 fully saturated rings. The van der Waals surface area contributed by atoms with Crippen LogP contribution in [0.15, 0.2) is 39.6 Å². The molecule has 8 heteroatoms. The van der Waals surface area contributed by atoms with Gasteiger partial charge in [0, 0.05) is 24.1 Å². The van der Waals surface area contributed by atoms with Gasteiger partial charge in [0.25, 0.3) is 5.71 Å². The van der Waals surface area contributed by atoms with Crippen molar-refractivity contribution in [2.75, 3.05) is 18.0 Å². The number of nitrogens with zero attached hydrogens (tertiary/aromatic N) is 4. The fraction of sp³-hybridized carbons (Fsp3) is 0.400. The summed E-state index contributed by atoms with van der Waals surface area (Å²) in [6.45, 7) is 4.04. The summed E-state index contributed by atoms with van der Waals surface area (Å²) in [5, 5.41) is 8.04. The van der Waals surface area contributed by atoms with E-state index >= 15 is 0 Å². The molecule has 0 spiro atoms. The van der Waals surface area contributed by atoms with Gasteiger partial charge in [-0.3, -0.25) is 4.79 Å². The van der Waals surface area contributed by atoms with E-state index in [1.807, 2.05) is 31.2 Å². The van der Waals surface area contributed by atoms with E-state index in [9.17, 15) is 4.79 Å². The van der Waals surface area contributed by atoms with Gasteiger partial charge >= 0.3 is 0 Å². The summed E-state index contributed by atoms with van der Waals surface area (Å²) in [6.07, 6.45) is 4.06. The minimum absolute atomic E-state index is 0.0733. The highest BCUT2D eigenvalue weighted by Gasteiger charge is 2.28. The number of amides is 1. The molecule has 3 heterocycles. The number of carbonyl (C=O) groups excluding carboxylic acids is 1. The molecule has 0 unspecified atom stereocenters. The van der Waals surface area contributed by atoms with Crippen LogP contribution in [0.3, 0.4) is 0 Å². The fourth-order valence-corrected chi connectivity index (χ4v) is 4.12. The van der Waals surface area contributed by atoms with Gasteiger partial charge < -0.3 is 14.7 Å². The maximum atomic E-state index is 12.8. The van der Waals surface area contributed by atoms with E-state index in [2.05, 4.69) is 41.3 Å². The summed E-state index contributed by atoms with van der Waals surface area (Å²) in [4.78, 5) is 23.6. The molecule has 1 aliphatic heterocycles. The van der Waals surface area contributed by atoms with Gasteiger partial charge in [0.15, 0.2) is 0 Å². The highest BCUT2D eigenvalue weighted by Crippen LogP contribution is 2.30. The van der Waals surface area contributed by atoms with Crippen molar-refractivity contribution in [3.05, 3.63) is 46.3 Å². The second kappa shape index (κ2) is 8.26. The summed E-state index contributed by atoms with van der Waals surface area (Å²) < 4.78 is 6.34. The largest absolute Gasteiger partial charge is 0.355 e. The lowest BCUT2D eigenvalue weighted by atomic mass is 9.96. The maximum Gasteiger partial charge on any atom is 0.263 e. The van der Waals surface area contributed by atoms with Crippen molar-refractivity contribution in [1.29, 1.82) is 0 Å². The van der Waals surface area contributed by atoms with Gasteiger partial charge in [0.2, 0.25) is 5.91 Å². The summed E-state index contributed by atoms with van der Waals surface area (Å²) in [6, 6.07) is 7.97. The summed E-state index contributed by atoms with van der Waals surface area (Å²) in [7, 11) is 0. The standard InChI is InChI=1S/C20H22BrN5O2/c1-2-16-17-18(23-12-24-20(17)28-25-16)26-8-4-6-14(11-26)19(27)22-10-13-5-3-7-15(21)9-13/h3,5,7,9,12,14H,2,4,6,8,10-11H2,1H3,(H,22,27)/t14-/m0/s1. The molecule has 1 N–H and O–H groups in total. The molecule has 7 nitrogen and oxygen atoms in total. The number of halogens is 1. The van der Waals surface area contributed by atoms with Crippen LogP contribution in [-0.4, -0.2) is 34.1 Å². The molecule has 3 aromatic rings. The molecule has 1 amide bonds. The van der Waals surface area contributed by atoms with E-state index in [1.165, 1.54) is 6.33 Å². The monoisotopic (exact) mass is 443 g/mol. The first-order chi connectivity index (χ1) is 13.7. The molecular weight excluding hydrogens is 422 g/mol. The molecular formula is C20H22BrN5O2. The Bertz CT molecular complexity index is 990. The molecule has 4 rings (SSSR count). The van der Waals surface area contributed by atoms with E-state index in [-0.39, 0.29) is 11.8 Å². The van der Waals surface area contributed by atoms with Crippen LogP contribution in [0, 0.1) is 5.92 Å². The minimum Gasteiger partial charge on any atom is -0.355 e. The van der Waals surface area contributed by atoms with E-state index in [0.29, 0.717) is 18.8 Å². The fourth-order valence-electron chi connectivity index (χ4n) is 3.67. The Labute approximate surface area is 171 Å². The summed E-state index contributed by atoms with van der Waals surface area (Å²) in [5.41, 5.74) is 2.43. The SMILES string of the molecule is CCc1noc2ncnc(N3CCC[C@H](C(=O)NCc4cccc(Br)c4)C3)c12. The number of hydrogen-bond acceptors (Lipinski definition) is 6. The molecule has 2 aromatic heterocycles. The molecule has 0 radical (unpaired) electrons. The molecule has 1 saturated heterocycles. The lowest BCUT2D eigenvalue weighted by Crippen LogP contribution is -2.43. The Kier molecular flexibility index (Phi) is 5.57. The van der Waals surface area contributed by atoms with Crippen molar-refractivity contribution >= 4 is 38.8 Å². The summed E-state index contributed by atoms with van der Waals surface area (Å²) >= 11 is 3.46. The maximum absolute atomic E-state index is 12.8.